The first kappa shape index (κ1) is 21.7. The van der Waals surface area contributed by atoms with Crippen LogP contribution in [0, 0.1) is 0 Å². The first-order valence-electron chi connectivity index (χ1n) is 10.8. The van der Waals surface area contributed by atoms with Crippen molar-refractivity contribution in [1.29, 1.82) is 0 Å². The van der Waals surface area contributed by atoms with Crippen molar-refractivity contribution in [2.75, 3.05) is 29.1 Å². The van der Waals surface area contributed by atoms with Gasteiger partial charge in [0.25, 0.3) is 0 Å². The molecule has 1 aliphatic heterocycles. The Labute approximate surface area is 200 Å². The van der Waals surface area contributed by atoms with Gasteiger partial charge in [0, 0.05) is 13.1 Å². The van der Waals surface area contributed by atoms with E-state index >= 15 is 0 Å². The number of hydrogen-bond donors (Lipinski definition) is 1. The largest absolute Gasteiger partial charge is 0.492 e. The van der Waals surface area contributed by atoms with Crippen LogP contribution in [0.15, 0.2) is 59.9 Å². The predicted molar refractivity (Wildman–Crippen MR) is 133 cm³/mol. The van der Waals surface area contributed by atoms with Crippen LogP contribution in [0.5, 0.6) is 5.75 Å². The van der Waals surface area contributed by atoms with Crippen LogP contribution in [-0.2, 0) is 17.8 Å². The van der Waals surface area contributed by atoms with E-state index in [1.807, 2.05) is 31.2 Å². The summed E-state index contributed by atoms with van der Waals surface area (Å²) in [5.74, 6) is 0.783. The van der Waals surface area contributed by atoms with Gasteiger partial charge in [-0.05, 0) is 36.6 Å². The van der Waals surface area contributed by atoms with Gasteiger partial charge in [0.15, 0.2) is 10.8 Å². The average molecular weight is 478 g/mol. The molecule has 1 N–H and O–H groups in total. The zero-order valence-electron chi connectivity index (χ0n) is 18.2. The zero-order chi connectivity index (χ0) is 22.6. The van der Waals surface area contributed by atoms with Crippen molar-refractivity contribution in [2.24, 2.45) is 0 Å². The highest BCUT2D eigenvalue weighted by Crippen LogP contribution is 2.35. The highest BCUT2D eigenvalue weighted by atomic mass is 32.2. The van der Waals surface area contributed by atoms with E-state index in [1.54, 1.807) is 11.3 Å². The molecular formula is C24H23N5O2S2. The molecule has 2 aromatic heterocycles. The molecule has 1 amide bonds. The van der Waals surface area contributed by atoms with E-state index in [2.05, 4.69) is 44.5 Å². The van der Waals surface area contributed by atoms with Crippen LogP contribution >= 0.6 is 23.1 Å². The molecule has 9 heteroatoms. The summed E-state index contributed by atoms with van der Waals surface area (Å²) in [6, 6.07) is 16.0. The third-order valence-electron chi connectivity index (χ3n) is 5.35. The molecule has 0 saturated heterocycles. The van der Waals surface area contributed by atoms with Crippen LogP contribution in [0.3, 0.4) is 0 Å². The van der Waals surface area contributed by atoms with Gasteiger partial charge < -0.3 is 15.0 Å². The lowest BCUT2D eigenvalue weighted by Crippen LogP contribution is -2.30. The number of para-hydroxylation sites is 2. The Bertz CT molecular complexity index is 1290. The molecule has 0 aliphatic carbocycles. The van der Waals surface area contributed by atoms with Crippen LogP contribution in [0.2, 0.25) is 0 Å². The Kier molecular flexibility index (Phi) is 6.41. The Balaban J connectivity index is 1.29. The number of benzene rings is 2. The van der Waals surface area contributed by atoms with E-state index in [0.717, 1.165) is 34.4 Å². The lowest BCUT2D eigenvalue weighted by molar-refractivity contribution is -0.113. The number of ether oxygens (including phenoxy) is 1. The first-order valence-corrected chi connectivity index (χ1v) is 12.6. The maximum Gasteiger partial charge on any atom is 0.234 e. The van der Waals surface area contributed by atoms with Gasteiger partial charge in [0.05, 0.1) is 18.0 Å². The van der Waals surface area contributed by atoms with Gasteiger partial charge in [-0.1, -0.05) is 59.5 Å². The number of rotatable bonds is 7. The predicted octanol–water partition coefficient (Wildman–Crippen LogP) is 4.78. The van der Waals surface area contributed by atoms with Gasteiger partial charge in [0.1, 0.15) is 21.8 Å². The molecule has 0 radical (unpaired) electrons. The number of anilines is 2. The molecule has 3 heterocycles. The Morgan fingerprint density at radius 3 is 2.85 bits per heavy atom. The smallest absolute Gasteiger partial charge is 0.234 e. The number of carbonyl (C=O) groups excluding carboxylic acids is 1. The molecule has 0 saturated carbocycles. The lowest BCUT2D eigenvalue weighted by Gasteiger charge is -2.28. The molecule has 0 spiro atoms. The van der Waals surface area contributed by atoms with Crippen molar-refractivity contribution >= 4 is 50.2 Å². The maximum atomic E-state index is 12.6. The molecular weight excluding hydrogens is 454 g/mol. The number of thiazole rings is 1. The SMILES string of the molecule is CCOc1ccccc1NC(=O)CSc1ncnc2nc(N3CCc4ccccc4C3)sc12. The molecule has 5 rings (SSSR count). The minimum absolute atomic E-state index is 0.115. The normalized spacial score (nSPS) is 13.1. The number of amides is 1. The van der Waals surface area contributed by atoms with Crippen LogP contribution in [0.1, 0.15) is 18.1 Å². The molecule has 0 unspecified atom stereocenters. The summed E-state index contributed by atoms with van der Waals surface area (Å²) >= 11 is 2.98. The summed E-state index contributed by atoms with van der Waals surface area (Å²) in [5.41, 5.74) is 4.09. The summed E-state index contributed by atoms with van der Waals surface area (Å²) in [5, 5.41) is 4.65. The molecule has 7 nitrogen and oxygen atoms in total. The topological polar surface area (TPSA) is 80.2 Å². The van der Waals surface area contributed by atoms with Crippen LogP contribution in [0.4, 0.5) is 10.8 Å². The van der Waals surface area contributed by atoms with Crippen molar-refractivity contribution in [3.8, 4) is 5.75 Å². The van der Waals surface area contributed by atoms with E-state index in [1.165, 1.54) is 29.2 Å². The van der Waals surface area contributed by atoms with Gasteiger partial charge in [-0.15, -0.1) is 0 Å². The van der Waals surface area contributed by atoms with E-state index in [4.69, 9.17) is 9.72 Å². The average Bonchev–Trinajstić information content (AvgIpc) is 3.29. The fourth-order valence-corrected chi connectivity index (χ4v) is 5.71. The second-order valence-electron chi connectivity index (χ2n) is 7.53. The number of carbonyl (C=O) groups is 1. The molecule has 0 bridgehead atoms. The Morgan fingerprint density at radius 1 is 1.15 bits per heavy atom. The highest BCUT2D eigenvalue weighted by Gasteiger charge is 2.21. The van der Waals surface area contributed by atoms with E-state index in [-0.39, 0.29) is 11.7 Å². The van der Waals surface area contributed by atoms with E-state index < -0.39 is 0 Å². The van der Waals surface area contributed by atoms with E-state index in [9.17, 15) is 4.79 Å². The molecule has 33 heavy (non-hydrogen) atoms. The van der Waals surface area contributed by atoms with Crippen molar-refractivity contribution in [3.05, 3.63) is 66.0 Å². The van der Waals surface area contributed by atoms with Crippen LogP contribution in [0.25, 0.3) is 10.3 Å². The first-order chi connectivity index (χ1) is 16.2. The molecule has 1 aliphatic rings. The summed E-state index contributed by atoms with van der Waals surface area (Å²) in [4.78, 5) is 28.4. The molecule has 2 aromatic carbocycles. The minimum Gasteiger partial charge on any atom is -0.492 e. The van der Waals surface area contributed by atoms with Gasteiger partial charge in [-0.3, -0.25) is 4.79 Å². The maximum absolute atomic E-state index is 12.6. The Hall–Kier alpha value is -3.17. The zero-order valence-corrected chi connectivity index (χ0v) is 19.8. The third kappa shape index (κ3) is 4.79. The number of aromatic nitrogens is 3. The molecule has 0 atom stereocenters. The standard InChI is InChI=1S/C24H23N5O2S2/c1-2-31-19-10-6-5-9-18(19)27-20(30)14-32-23-21-22(25-15-26-23)28-24(33-21)29-12-11-16-7-3-4-8-17(16)13-29/h3-10,15H,2,11-14H2,1H3,(H,27,30). The highest BCUT2D eigenvalue weighted by molar-refractivity contribution is 8.00. The molecule has 4 aromatic rings. The summed E-state index contributed by atoms with van der Waals surface area (Å²) in [7, 11) is 0. The number of fused-ring (bicyclic) bond motifs is 2. The minimum atomic E-state index is -0.115. The second kappa shape index (κ2) is 9.76. The molecule has 168 valence electrons. The quantitative estimate of drug-likeness (QED) is 0.303. The van der Waals surface area contributed by atoms with Crippen molar-refractivity contribution < 1.29 is 9.53 Å². The van der Waals surface area contributed by atoms with Gasteiger partial charge in [0.2, 0.25) is 5.91 Å². The van der Waals surface area contributed by atoms with Crippen LogP contribution < -0.4 is 15.0 Å². The van der Waals surface area contributed by atoms with Gasteiger partial charge >= 0.3 is 0 Å². The van der Waals surface area contributed by atoms with Crippen molar-refractivity contribution in [2.45, 2.75) is 24.9 Å². The summed E-state index contributed by atoms with van der Waals surface area (Å²) in [6.45, 7) is 4.22. The summed E-state index contributed by atoms with van der Waals surface area (Å²) in [6.07, 6.45) is 2.52. The monoisotopic (exact) mass is 477 g/mol. The number of hydrogen-bond acceptors (Lipinski definition) is 8. The fourth-order valence-electron chi connectivity index (χ4n) is 3.79. The van der Waals surface area contributed by atoms with Gasteiger partial charge in [-0.2, -0.15) is 4.98 Å². The van der Waals surface area contributed by atoms with Crippen molar-refractivity contribution in [1.82, 2.24) is 15.0 Å². The number of nitrogens with zero attached hydrogens (tertiary/aromatic N) is 4. The van der Waals surface area contributed by atoms with Crippen LogP contribution in [-0.4, -0.2) is 39.8 Å². The third-order valence-corrected chi connectivity index (χ3v) is 7.58. The molecule has 0 fully saturated rings. The lowest BCUT2D eigenvalue weighted by atomic mass is 10.0. The second-order valence-corrected chi connectivity index (χ2v) is 9.48. The number of nitrogens with one attached hydrogen (secondary N) is 1. The number of thioether (sulfide) groups is 1. The Morgan fingerprint density at radius 2 is 1.97 bits per heavy atom. The summed E-state index contributed by atoms with van der Waals surface area (Å²) < 4.78 is 6.50. The van der Waals surface area contributed by atoms with Gasteiger partial charge in [-0.25, -0.2) is 9.97 Å². The fraction of sp³-hybridized carbons (Fsp3) is 0.250. The van der Waals surface area contributed by atoms with Crippen molar-refractivity contribution in [3.63, 3.8) is 0 Å². The van der Waals surface area contributed by atoms with E-state index in [0.29, 0.717) is 23.7 Å².